The zero-order chi connectivity index (χ0) is 9.90. The molecule has 1 unspecified atom stereocenters. The van der Waals surface area contributed by atoms with Gasteiger partial charge in [0, 0.05) is 20.6 Å². The number of carbonyl (C=O) groups is 1. The quantitative estimate of drug-likeness (QED) is 0.607. The zero-order valence-corrected chi connectivity index (χ0v) is 8.68. The molecule has 2 N–H and O–H groups in total. The summed E-state index contributed by atoms with van der Waals surface area (Å²) in [6.07, 6.45) is 1.85. The van der Waals surface area contributed by atoms with Crippen molar-refractivity contribution >= 4 is 5.91 Å². The van der Waals surface area contributed by atoms with Crippen molar-refractivity contribution in [1.82, 2.24) is 15.8 Å². The third-order valence-corrected chi connectivity index (χ3v) is 2.73. The first-order valence-electron chi connectivity index (χ1n) is 4.80. The van der Waals surface area contributed by atoms with Crippen molar-refractivity contribution in [2.24, 2.45) is 5.41 Å². The molecule has 1 aliphatic heterocycles. The predicted molar refractivity (Wildman–Crippen MR) is 52.0 cm³/mol. The molecule has 1 amide bonds. The van der Waals surface area contributed by atoms with E-state index in [-0.39, 0.29) is 11.3 Å². The molecule has 4 heteroatoms. The van der Waals surface area contributed by atoms with Crippen LogP contribution < -0.4 is 10.7 Å². The van der Waals surface area contributed by atoms with E-state index in [1.54, 1.807) is 5.01 Å². The summed E-state index contributed by atoms with van der Waals surface area (Å²) in [6.45, 7) is 3.83. The van der Waals surface area contributed by atoms with E-state index in [0.29, 0.717) is 0 Å². The van der Waals surface area contributed by atoms with E-state index in [0.717, 1.165) is 25.9 Å². The highest BCUT2D eigenvalue weighted by molar-refractivity contribution is 5.82. The molecule has 0 aromatic rings. The third kappa shape index (κ3) is 2.19. The highest BCUT2D eigenvalue weighted by Gasteiger charge is 2.39. The number of rotatable bonds is 3. The van der Waals surface area contributed by atoms with E-state index in [9.17, 15) is 4.79 Å². The summed E-state index contributed by atoms with van der Waals surface area (Å²) in [7, 11) is 3.67. The average molecular weight is 185 g/mol. The predicted octanol–water partition coefficient (Wildman–Crippen LogP) is -0.0311. The van der Waals surface area contributed by atoms with Gasteiger partial charge in [0.2, 0.25) is 5.91 Å². The summed E-state index contributed by atoms with van der Waals surface area (Å²) in [5.41, 5.74) is 2.65. The first-order valence-corrected chi connectivity index (χ1v) is 4.80. The molecule has 13 heavy (non-hydrogen) atoms. The summed E-state index contributed by atoms with van der Waals surface area (Å²) >= 11 is 0. The van der Waals surface area contributed by atoms with Crippen LogP contribution in [-0.2, 0) is 4.79 Å². The van der Waals surface area contributed by atoms with Gasteiger partial charge in [-0.3, -0.25) is 10.2 Å². The Morgan fingerprint density at radius 2 is 2.31 bits per heavy atom. The van der Waals surface area contributed by atoms with Gasteiger partial charge in [-0.2, -0.15) is 0 Å². The van der Waals surface area contributed by atoms with Gasteiger partial charge < -0.3 is 5.32 Å². The molecule has 0 bridgehead atoms. The molecule has 4 nitrogen and oxygen atoms in total. The number of hydrazine groups is 1. The monoisotopic (exact) mass is 185 g/mol. The minimum Gasteiger partial charge on any atom is -0.316 e. The van der Waals surface area contributed by atoms with E-state index in [1.807, 2.05) is 14.1 Å². The van der Waals surface area contributed by atoms with Crippen LogP contribution in [0.2, 0.25) is 0 Å². The first-order chi connectivity index (χ1) is 6.10. The fourth-order valence-corrected chi connectivity index (χ4v) is 1.72. The zero-order valence-electron chi connectivity index (χ0n) is 8.68. The lowest BCUT2D eigenvalue weighted by Gasteiger charge is -2.27. The Bertz CT molecular complexity index is 185. The average Bonchev–Trinajstić information content (AvgIpc) is 2.51. The van der Waals surface area contributed by atoms with Crippen molar-refractivity contribution in [3.8, 4) is 0 Å². The van der Waals surface area contributed by atoms with Gasteiger partial charge in [-0.25, -0.2) is 5.01 Å². The second-order valence-electron chi connectivity index (χ2n) is 3.90. The van der Waals surface area contributed by atoms with Crippen LogP contribution in [0, 0.1) is 5.41 Å². The van der Waals surface area contributed by atoms with E-state index in [1.165, 1.54) is 0 Å². The summed E-state index contributed by atoms with van der Waals surface area (Å²) < 4.78 is 0. The summed E-state index contributed by atoms with van der Waals surface area (Å²) in [5.74, 6) is 0.144. The molecule has 0 radical (unpaired) electrons. The lowest BCUT2D eigenvalue weighted by molar-refractivity contribution is -0.134. The molecule has 1 heterocycles. The molecule has 0 aliphatic carbocycles. The normalized spacial score (nSPS) is 28.0. The summed E-state index contributed by atoms with van der Waals surface area (Å²) in [6, 6.07) is 0. The largest absolute Gasteiger partial charge is 0.316 e. The third-order valence-electron chi connectivity index (χ3n) is 2.73. The molecule has 1 atom stereocenters. The van der Waals surface area contributed by atoms with Crippen molar-refractivity contribution in [2.75, 3.05) is 27.2 Å². The minimum atomic E-state index is -0.176. The van der Waals surface area contributed by atoms with E-state index >= 15 is 0 Å². The standard InChI is InChI=1S/C9H19N3O/c1-4-9(5-6-10-7-9)8(13)11-12(2)3/h10H,4-7H2,1-3H3,(H,11,13). The van der Waals surface area contributed by atoms with E-state index < -0.39 is 0 Å². The molecular formula is C9H19N3O. The van der Waals surface area contributed by atoms with Gasteiger partial charge in [0.15, 0.2) is 0 Å². The van der Waals surface area contributed by atoms with Gasteiger partial charge in [-0.05, 0) is 19.4 Å². The molecule has 1 saturated heterocycles. The van der Waals surface area contributed by atoms with Crippen LogP contribution in [0.4, 0.5) is 0 Å². The molecule has 0 saturated carbocycles. The second-order valence-corrected chi connectivity index (χ2v) is 3.90. The van der Waals surface area contributed by atoms with Gasteiger partial charge in [0.1, 0.15) is 0 Å². The number of nitrogens with one attached hydrogen (secondary N) is 2. The number of hydrogen-bond acceptors (Lipinski definition) is 3. The Labute approximate surface area is 79.6 Å². The fourth-order valence-electron chi connectivity index (χ4n) is 1.72. The van der Waals surface area contributed by atoms with Crippen LogP contribution in [0.25, 0.3) is 0 Å². The summed E-state index contributed by atoms with van der Waals surface area (Å²) in [5, 5.41) is 4.95. The first kappa shape index (κ1) is 10.5. The maximum atomic E-state index is 11.8. The van der Waals surface area contributed by atoms with Crippen LogP contribution in [-0.4, -0.2) is 38.1 Å². The van der Waals surface area contributed by atoms with Crippen molar-refractivity contribution < 1.29 is 4.79 Å². The van der Waals surface area contributed by atoms with E-state index in [2.05, 4.69) is 17.7 Å². The smallest absolute Gasteiger partial charge is 0.241 e. The van der Waals surface area contributed by atoms with Crippen molar-refractivity contribution in [3.63, 3.8) is 0 Å². The van der Waals surface area contributed by atoms with Gasteiger partial charge in [0.05, 0.1) is 5.41 Å². The minimum absolute atomic E-state index is 0.144. The van der Waals surface area contributed by atoms with Crippen molar-refractivity contribution in [3.05, 3.63) is 0 Å². The highest BCUT2D eigenvalue weighted by Crippen LogP contribution is 2.29. The molecule has 1 aliphatic rings. The number of nitrogens with zero attached hydrogens (tertiary/aromatic N) is 1. The van der Waals surface area contributed by atoms with E-state index in [4.69, 9.17) is 0 Å². The Kier molecular flexibility index (Phi) is 3.27. The Morgan fingerprint density at radius 1 is 1.62 bits per heavy atom. The van der Waals surface area contributed by atoms with Crippen LogP contribution in [0.5, 0.6) is 0 Å². The van der Waals surface area contributed by atoms with Gasteiger partial charge in [-0.15, -0.1) is 0 Å². The van der Waals surface area contributed by atoms with Crippen molar-refractivity contribution in [1.29, 1.82) is 0 Å². The Hall–Kier alpha value is -0.610. The number of amides is 1. The molecule has 0 aromatic heterocycles. The summed E-state index contributed by atoms with van der Waals surface area (Å²) in [4.78, 5) is 11.8. The van der Waals surface area contributed by atoms with Gasteiger partial charge in [-0.1, -0.05) is 6.92 Å². The van der Waals surface area contributed by atoms with Crippen molar-refractivity contribution in [2.45, 2.75) is 19.8 Å². The van der Waals surface area contributed by atoms with Crippen LogP contribution >= 0.6 is 0 Å². The van der Waals surface area contributed by atoms with Crippen LogP contribution in [0.1, 0.15) is 19.8 Å². The molecular weight excluding hydrogens is 166 g/mol. The topological polar surface area (TPSA) is 44.4 Å². The Morgan fingerprint density at radius 3 is 2.69 bits per heavy atom. The molecule has 76 valence electrons. The molecule has 1 rings (SSSR count). The van der Waals surface area contributed by atoms with Gasteiger partial charge in [0.25, 0.3) is 0 Å². The lowest BCUT2D eigenvalue weighted by Crippen LogP contribution is -2.47. The van der Waals surface area contributed by atoms with Gasteiger partial charge >= 0.3 is 0 Å². The lowest BCUT2D eigenvalue weighted by atomic mass is 9.83. The van der Waals surface area contributed by atoms with Crippen LogP contribution in [0.15, 0.2) is 0 Å². The van der Waals surface area contributed by atoms with Crippen LogP contribution in [0.3, 0.4) is 0 Å². The molecule has 0 spiro atoms. The maximum Gasteiger partial charge on any atom is 0.241 e. The maximum absolute atomic E-state index is 11.8. The Balaban J connectivity index is 2.60. The highest BCUT2D eigenvalue weighted by atomic mass is 16.2. The second kappa shape index (κ2) is 4.07. The number of hydrogen-bond donors (Lipinski definition) is 2. The molecule has 0 aromatic carbocycles. The fraction of sp³-hybridized carbons (Fsp3) is 0.889. The number of carbonyl (C=O) groups excluding carboxylic acids is 1. The molecule has 1 fully saturated rings. The SMILES string of the molecule is CCC1(C(=O)NN(C)C)CCNC1.